The molecule has 2 heteroatoms. The summed E-state index contributed by atoms with van der Waals surface area (Å²) in [5, 5.41) is 19.1. The Labute approximate surface area is 80.0 Å². The molecule has 0 aromatic carbocycles. The number of hydrogen-bond donors (Lipinski definition) is 2. The molecule has 2 aliphatic rings. The van der Waals surface area contributed by atoms with Crippen molar-refractivity contribution >= 4 is 0 Å². The van der Waals surface area contributed by atoms with E-state index in [1.54, 1.807) is 0 Å². The lowest BCUT2D eigenvalue weighted by Gasteiger charge is -2.43. The van der Waals surface area contributed by atoms with Crippen molar-refractivity contribution in [3.63, 3.8) is 0 Å². The summed E-state index contributed by atoms with van der Waals surface area (Å²) in [7, 11) is 0. The first kappa shape index (κ1) is 9.47. The van der Waals surface area contributed by atoms with Gasteiger partial charge in [0.2, 0.25) is 0 Å². The Morgan fingerprint density at radius 2 is 1.77 bits per heavy atom. The van der Waals surface area contributed by atoms with Crippen molar-refractivity contribution in [1.29, 1.82) is 0 Å². The first-order valence-electron chi connectivity index (χ1n) is 5.57. The molecule has 13 heavy (non-hydrogen) atoms. The van der Waals surface area contributed by atoms with Crippen LogP contribution in [-0.4, -0.2) is 22.4 Å². The van der Waals surface area contributed by atoms with Crippen LogP contribution in [0.5, 0.6) is 0 Å². The molecular formula is C11H20O2. The van der Waals surface area contributed by atoms with Gasteiger partial charge in [0.25, 0.3) is 0 Å². The summed E-state index contributed by atoms with van der Waals surface area (Å²) >= 11 is 0. The van der Waals surface area contributed by atoms with Gasteiger partial charge in [-0.1, -0.05) is 25.7 Å². The molecule has 0 unspecified atom stereocenters. The SMILES string of the molecule is OC[C@]1(O)CC[C@H]2CCCC[C@@H]2C1. The zero-order chi connectivity index (χ0) is 9.31. The van der Waals surface area contributed by atoms with Gasteiger partial charge in [0.05, 0.1) is 12.2 Å². The Morgan fingerprint density at radius 3 is 2.46 bits per heavy atom. The molecule has 2 rings (SSSR count). The third-order valence-electron chi connectivity index (χ3n) is 3.98. The average Bonchev–Trinajstić information content (AvgIpc) is 2.18. The van der Waals surface area contributed by atoms with Crippen LogP contribution in [0.25, 0.3) is 0 Å². The molecule has 0 radical (unpaired) electrons. The third kappa shape index (κ3) is 1.89. The highest BCUT2D eigenvalue weighted by molar-refractivity contribution is 4.91. The van der Waals surface area contributed by atoms with Crippen molar-refractivity contribution in [2.75, 3.05) is 6.61 Å². The van der Waals surface area contributed by atoms with E-state index in [9.17, 15) is 5.11 Å². The monoisotopic (exact) mass is 184 g/mol. The summed E-state index contributed by atoms with van der Waals surface area (Å²) in [5.41, 5.74) is -0.738. The lowest BCUT2D eigenvalue weighted by atomic mass is 9.66. The largest absolute Gasteiger partial charge is 0.393 e. The molecule has 0 aromatic rings. The van der Waals surface area contributed by atoms with Crippen LogP contribution in [0.3, 0.4) is 0 Å². The minimum Gasteiger partial charge on any atom is -0.393 e. The van der Waals surface area contributed by atoms with Gasteiger partial charge in [0.15, 0.2) is 0 Å². The van der Waals surface area contributed by atoms with Crippen LogP contribution in [0.2, 0.25) is 0 Å². The maximum Gasteiger partial charge on any atom is 0.0880 e. The van der Waals surface area contributed by atoms with Crippen molar-refractivity contribution in [3.8, 4) is 0 Å². The van der Waals surface area contributed by atoms with Crippen molar-refractivity contribution in [2.45, 2.75) is 50.5 Å². The number of aliphatic hydroxyl groups excluding tert-OH is 1. The maximum atomic E-state index is 9.97. The number of aliphatic hydroxyl groups is 2. The van der Waals surface area contributed by atoms with Crippen molar-refractivity contribution in [2.24, 2.45) is 11.8 Å². The van der Waals surface area contributed by atoms with Gasteiger partial charge in [-0.3, -0.25) is 0 Å². The van der Waals surface area contributed by atoms with Crippen LogP contribution in [0, 0.1) is 11.8 Å². The minimum atomic E-state index is -0.738. The minimum absolute atomic E-state index is 0.0454. The molecule has 76 valence electrons. The molecule has 2 N–H and O–H groups in total. The van der Waals surface area contributed by atoms with Gasteiger partial charge in [-0.15, -0.1) is 0 Å². The van der Waals surface area contributed by atoms with E-state index in [4.69, 9.17) is 5.11 Å². The summed E-state index contributed by atoms with van der Waals surface area (Å²) in [4.78, 5) is 0. The lowest BCUT2D eigenvalue weighted by molar-refractivity contribution is -0.0782. The van der Waals surface area contributed by atoms with E-state index in [-0.39, 0.29) is 6.61 Å². The molecule has 0 spiro atoms. The molecule has 0 aliphatic heterocycles. The van der Waals surface area contributed by atoms with E-state index in [1.807, 2.05) is 0 Å². The maximum absolute atomic E-state index is 9.97. The second kappa shape index (κ2) is 3.58. The normalized spacial score (nSPS) is 45.7. The molecule has 0 saturated heterocycles. The van der Waals surface area contributed by atoms with Gasteiger partial charge in [-0.2, -0.15) is 0 Å². The van der Waals surface area contributed by atoms with Gasteiger partial charge >= 0.3 is 0 Å². The van der Waals surface area contributed by atoms with Crippen molar-refractivity contribution < 1.29 is 10.2 Å². The summed E-state index contributed by atoms with van der Waals surface area (Å²) < 4.78 is 0. The summed E-state index contributed by atoms with van der Waals surface area (Å²) in [6.07, 6.45) is 8.10. The predicted molar refractivity (Wildman–Crippen MR) is 51.3 cm³/mol. The highest BCUT2D eigenvalue weighted by Gasteiger charge is 2.39. The number of rotatable bonds is 1. The fourth-order valence-corrected chi connectivity index (χ4v) is 3.12. The van der Waals surface area contributed by atoms with Crippen molar-refractivity contribution in [3.05, 3.63) is 0 Å². The zero-order valence-corrected chi connectivity index (χ0v) is 8.21. The standard InChI is InChI=1S/C11H20O2/c12-8-11(13)6-5-9-3-1-2-4-10(9)7-11/h9-10,12-13H,1-8H2/t9-,10-,11+/m1/s1. The number of hydrogen-bond acceptors (Lipinski definition) is 2. The van der Waals surface area contributed by atoms with E-state index in [2.05, 4.69) is 0 Å². The molecule has 3 atom stereocenters. The molecule has 2 saturated carbocycles. The van der Waals surface area contributed by atoms with Crippen LogP contribution >= 0.6 is 0 Å². The predicted octanol–water partition coefficient (Wildman–Crippen LogP) is 1.70. The molecule has 0 amide bonds. The topological polar surface area (TPSA) is 40.5 Å². The van der Waals surface area contributed by atoms with E-state index < -0.39 is 5.60 Å². The Morgan fingerprint density at radius 1 is 1.08 bits per heavy atom. The highest BCUT2D eigenvalue weighted by atomic mass is 16.3. The Bertz CT molecular complexity index is 181. The Hall–Kier alpha value is -0.0800. The fourth-order valence-electron chi connectivity index (χ4n) is 3.12. The highest BCUT2D eigenvalue weighted by Crippen LogP contribution is 2.43. The van der Waals surface area contributed by atoms with E-state index in [0.29, 0.717) is 5.92 Å². The summed E-state index contributed by atoms with van der Waals surface area (Å²) in [6.45, 7) is -0.0454. The molecule has 2 nitrogen and oxygen atoms in total. The second-order valence-electron chi connectivity index (χ2n) is 4.93. The van der Waals surface area contributed by atoms with Gasteiger partial charge in [-0.05, 0) is 31.1 Å². The van der Waals surface area contributed by atoms with Crippen LogP contribution in [0.4, 0.5) is 0 Å². The third-order valence-corrected chi connectivity index (χ3v) is 3.98. The van der Waals surface area contributed by atoms with Crippen LogP contribution < -0.4 is 0 Å². The van der Waals surface area contributed by atoms with Crippen LogP contribution in [-0.2, 0) is 0 Å². The molecule has 0 heterocycles. The smallest absolute Gasteiger partial charge is 0.0880 e. The lowest BCUT2D eigenvalue weighted by Crippen LogP contribution is -2.43. The first-order chi connectivity index (χ1) is 6.23. The van der Waals surface area contributed by atoms with Crippen LogP contribution in [0.1, 0.15) is 44.9 Å². The van der Waals surface area contributed by atoms with Gasteiger partial charge in [0.1, 0.15) is 0 Å². The zero-order valence-electron chi connectivity index (χ0n) is 8.21. The van der Waals surface area contributed by atoms with E-state index in [1.165, 1.54) is 25.7 Å². The molecule has 0 bridgehead atoms. The fraction of sp³-hybridized carbons (Fsp3) is 1.00. The quantitative estimate of drug-likeness (QED) is 0.651. The first-order valence-corrected chi connectivity index (χ1v) is 5.57. The summed E-state index contributed by atoms with van der Waals surface area (Å²) in [5.74, 6) is 1.54. The Balaban J connectivity index is 1.98. The van der Waals surface area contributed by atoms with Crippen molar-refractivity contribution in [1.82, 2.24) is 0 Å². The molecular weight excluding hydrogens is 164 g/mol. The Kier molecular flexibility index (Phi) is 2.61. The van der Waals surface area contributed by atoms with Gasteiger partial charge in [0, 0.05) is 0 Å². The van der Waals surface area contributed by atoms with Gasteiger partial charge < -0.3 is 10.2 Å². The van der Waals surface area contributed by atoms with Crippen LogP contribution in [0.15, 0.2) is 0 Å². The second-order valence-corrected chi connectivity index (χ2v) is 4.93. The summed E-state index contributed by atoms with van der Waals surface area (Å²) in [6, 6.07) is 0. The average molecular weight is 184 g/mol. The number of fused-ring (bicyclic) bond motifs is 1. The molecule has 2 aliphatic carbocycles. The van der Waals surface area contributed by atoms with E-state index >= 15 is 0 Å². The van der Waals surface area contributed by atoms with Gasteiger partial charge in [-0.25, -0.2) is 0 Å². The molecule has 0 aromatic heterocycles. The van der Waals surface area contributed by atoms with E-state index in [0.717, 1.165) is 25.2 Å². The molecule has 2 fully saturated rings.